The van der Waals surface area contributed by atoms with Crippen molar-refractivity contribution in [2.24, 2.45) is 0 Å². The molecule has 25 heavy (non-hydrogen) atoms. The zero-order valence-electron chi connectivity index (χ0n) is 13.5. The summed E-state index contributed by atoms with van der Waals surface area (Å²) in [6, 6.07) is 12.6. The fraction of sp³-hybridized carbons (Fsp3) is 0.167. The van der Waals surface area contributed by atoms with Gasteiger partial charge in [-0.05, 0) is 30.7 Å². The SMILES string of the molecule is C[C@H](NC(=O)COC(=O)c1n[nH]c2ccccc12)c1ccc(F)cc1. The van der Waals surface area contributed by atoms with Crippen LogP contribution in [0.1, 0.15) is 29.0 Å². The van der Waals surface area contributed by atoms with Crippen molar-refractivity contribution in [2.75, 3.05) is 6.61 Å². The molecule has 7 heteroatoms. The Morgan fingerprint density at radius 1 is 1.20 bits per heavy atom. The third-order valence-electron chi connectivity index (χ3n) is 3.75. The van der Waals surface area contributed by atoms with E-state index in [-0.39, 0.29) is 17.6 Å². The highest BCUT2D eigenvalue weighted by molar-refractivity contribution is 6.02. The summed E-state index contributed by atoms with van der Waals surface area (Å²) in [5.74, 6) is -1.48. The molecule has 3 rings (SSSR count). The molecule has 6 nitrogen and oxygen atoms in total. The summed E-state index contributed by atoms with van der Waals surface area (Å²) in [7, 11) is 0. The zero-order valence-corrected chi connectivity index (χ0v) is 13.5. The van der Waals surface area contributed by atoms with Crippen LogP contribution in [0.2, 0.25) is 0 Å². The molecular formula is C18H16FN3O3. The van der Waals surface area contributed by atoms with Gasteiger partial charge in [0.25, 0.3) is 5.91 Å². The summed E-state index contributed by atoms with van der Waals surface area (Å²) in [6.45, 7) is 1.33. The number of hydrogen-bond donors (Lipinski definition) is 2. The first-order valence-electron chi connectivity index (χ1n) is 7.69. The van der Waals surface area contributed by atoms with E-state index < -0.39 is 18.5 Å². The molecule has 128 valence electrons. The second kappa shape index (κ2) is 7.12. The van der Waals surface area contributed by atoms with Gasteiger partial charge in [0.05, 0.1) is 11.6 Å². The van der Waals surface area contributed by atoms with E-state index in [2.05, 4.69) is 15.5 Å². The van der Waals surface area contributed by atoms with Gasteiger partial charge in [-0.3, -0.25) is 9.89 Å². The fourth-order valence-electron chi connectivity index (χ4n) is 2.44. The largest absolute Gasteiger partial charge is 0.451 e. The quantitative estimate of drug-likeness (QED) is 0.699. The molecule has 0 aliphatic carbocycles. The van der Waals surface area contributed by atoms with Crippen molar-refractivity contribution in [1.82, 2.24) is 15.5 Å². The number of rotatable bonds is 5. The first-order chi connectivity index (χ1) is 12.0. The second-order valence-corrected chi connectivity index (χ2v) is 5.53. The number of halogens is 1. The predicted molar refractivity (Wildman–Crippen MR) is 89.3 cm³/mol. The molecule has 1 amide bonds. The van der Waals surface area contributed by atoms with Crippen molar-refractivity contribution in [3.05, 3.63) is 65.6 Å². The number of para-hydroxylation sites is 1. The van der Waals surface area contributed by atoms with E-state index in [1.54, 1.807) is 37.3 Å². The normalized spacial score (nSPS) is 11.9. The van der Waals surface area contributed by atoms with E-state index in [9.17, 15) is 14.0 Å². The van der Waals surface area contributed by atoms with Crippen LogP contribution in [0.5, 0.6) is 0 Å². The van der Waals surface area contributed by atoms with Gasteiger partial charge < -0.3 is 10.1 Å². The Morgan fingerprint density at radius 2 is 1.92 bits per heavy atom. The minimum absolute atomic E-state index is 0.134. The summed E-state index contributed by atoms with van der Waals surface area (Å²) in [5, 5.41) is 9.97. The number of H-pyrrole nitrogens is 1. The van der Waals surface area contributed by atoms with Crippen LogP contribution < -0.4 is 5.32 Å². The van der Waals surface area contributed by atoms with Gasteiger partial charge in [-0.1, -0.05) is 30.3 Å². The number of benzene rings is 2. The van der Waals surface area contributed by atoms with Gasteiger partial charge in [0.15, 0.2) is 12.3 Å². The number of ether oxygens (including phenoxy) is 1. The highest BCUT2D eigenvalue weighted by Crippen LogP contribution is 2.16. The number of amides is 1. The van der Waals surface area contributed by atoms with Gasteiger partial charge in [0.2, 0.25) is 0 Å². The molecule has 1 aromatic heterocycles. The third kappa shape index (κ3) is 3.82. The van der Waals surface area contributed by atoms with Crippen LogP contribution in [0.3, 0.4) is 0 Å². The van der Waals surface area contributed by atoms with Crippen molar-refractivity contribution in [3.63, 3.8) is 0 Å². The van der Waals surface area contributed by atoms with Crippen molar-refractivity contribution >= 4 is 22.8 Å². The smallest absolute Gasteiger partial charge is 0.359 e. The lowest BCUT2D eigenvalue weighted by molar-refractivity contribution is -0.124. The third-order valence-corrected chi connectivity index (χ3v) is 3.75. The number of esters is 1. The Bertz CT molecular complexity index is 905. The average Bonchev–Trinajstić information content (AvgIpc) is 3.04. The van der Waals surface area contributed by atoms with Gasteiger partial charge in [-0.2, -0.15) is 5.10 Å². The molecular weight excluding hydrogens is 325 g/mol. The van der Waals surface area contributed by atoms with Crippen molar-refractivity contribution in [1.29, 1.82) is 0 Å². The average molecular weight is 341 g/mol. The Balaban J connectivity index is 1.56. The first kappa shape index (κ1) is 16.6. The minimum Gasteiger partial charge on any atom is -0.451 e. The highest BCUT2D eigenvalue weighted by atomic mass is 19.1. The van der Waals surface area contributed by atoms with Crippen LogP contribution in [0.4, 0.5) is 4.39 Å². The molecule has 0 spiro atoms. The summed E-state index contributed by atoms with van der Waals surface area (Å²) in [5.41, 5.74) is 1.60. The number of aromatic nitrogens is 2. The first-order valence-corrected chi connectivity index (χ1v) is 7.69. The van der Waals surface area contributed by atoms with E-state index in [4.69, 9.17) is 4.74 Å². The van der Waals surface area contributed by atoms with Crippen LogP contribution in [0.15, 0.2) is 48.5 Å². The van der Waals surface area contributed by atoms with Crippen molar-refractivity contribution < 1.29 is 18.7 Å². The molecule has 2 aromatic carbocycles. The summed E-state index contributed by atoms with van der Waals surface area (Å²) < 4.78 is 17.9. The Labute approximate surface area is 143 Å². The van der Waals surface area contributed by atoms with Crippen molar-refractivity contribution in [2.45, 2.75) is 13.0 Å². The van der Waals surface area contributed by atoms with Gasteiger partial charge in [0, 0.05) is 5.39 Å². The number of nitrogens with one attached hydrogen (secondary N) is 2. The van der Waals surface area contributed by atoms with E-state index in [1.165, 1.54) is 12.1 Å². The molecule has 0 saturated carbocycles. The second-order valence-electron chi connectivity index (χ2n) is 5.53. The molecule has 2 N–H and O–H groups in total. The molecule has 3 aromatic rings. The topological polar surface area (TPSA) is 84.1 Å². The molecule has 0 aliphatic rings. The summed E-state index contributed by atoms with van der Waals surface area (Å²) in [6.07, 6.45) is 0. The van der Waals surface area contributed by atoms with Gasteiger partial charge in [-0.15, -0.1) is 0 Å². The number of carbonyl (C=O) groups is 2. The molecule has 1 atom stereocenters. The summed E-state index contributed by atoms with van der Waals surface area (Å²) >= 11 is 0. The van der Waals surface area contributed by atoms with Crippen LogP contribution in [0, 0.1) is 5.82 Å². The lowest BCUT2D eigenvalue weighted by atomic mass is 10.1. The lowest BCUT2D eigenvalue weighted by Crippen LogP contribution is -2.31. The van der Waals surface area contributed by atoms with Gasteiger partial charge in [0.1, 0.15) is 5.82 Å². The standard InChI is InChI=1S/C18H16FN3O3/c1-11(12-6-8-13(19)9-7-12)20-16(23)10-25-18(24)17-14-4-2-3-5-15(14)21-22-17/h2-9,11H,10H2,1H3,(H,20,23)(H,21,22)/t11-/m0/s1. The molecule has 0 saturated heterocycles. The minimum atomic E-state index is -0.679. The molecule has 0 unspecified atom stereocenters. The molecule has 0 aliphatic heterocycles. The Morgan fingerprint density at radius 3 is 2.68 bits per heavy atom. The van der Waals surface area contributed by atoms with E-state index in [0.29, 0.717) is 10.9 Å². The van der Waals surface area contributed by atoms with Crippen molar-refractivity contribution in [3.8, 4) is 0 Å². The molecule has 0 fully saturated rings. The molecule has 0 radical (unpaired) electrons. The van der Waals surface area contributed by atoms with Gasteiger partial charge >= 0.3 is 5.97 Å². The number of aromatic amines is 1. The van der Waals surface area contributed by atoms with Crippen LogP contribution in [-0.4, -0.2) is 28.7 Å². The zero-order chi connectivity index (χ0) is 17.8. The van der Waals surface area contributed by atoms with Crippen LogP contribution in [-0.2, 0) is 9.53 Å². The Kier molecular flexibility index (Phi) is 4.74. The number of hydrogen-bond acceptors (Lipinski definition) is 4. The lowest BCUT2D eigenvalue weighted by Gasteiger charge is -2.14. The van der Waals surface area contributed by atoms with E-state index in [1.807, 2.05) is 6.07 Å². The van der Waals surface area contributed by atoms with E-state index in [0.717, 1.165) is 5.56 Å². The van der Waals surface area contributed by atoms with E-state index >= 15 is 0 Å². The molecule has 0 bridgehead atoms. The number of fused-ring (bicyclic) bond motifs is 1. The van der Waals surface area contributed by atoms with Gasteiger partial charge in [-0.25, -0.2) is 9.18 Å². The summed E-state index contributed by atoms with van der Waals surface area (Å²) in [4.78, 5) is 24.0. The highest BCUT2D eigenvalue weighted by Gasteiger charge is 2.17. The maximum absolute atomic E-state index is 12.9. The van der Waals surface area contributed by atoms with Crippen LogP contribution >= 0.6 is 0 Å². The maximum Gasteiger partial charge on any atom is 0.359 e. The fourth-order valence-corrected chi connectivity index (χ4v) is 2.44. The molecule has 1 heterocycles. The maximum atomic E-state index is 12.9. The predicted octanol–water partition coefficient (Wildman–Crippen LogP) is 2.74. The number of nitrogens with zero attached hydrogens (tertiary/aromatic N) is 1. The Hall–Kier alpha value is -3.22. The number of carbonyl (C=O) groups excluding carboxylic acids is 2. The van der Waals surface area contributed by atoms with Crippen LogP contribution in [0.25, 0.3) is 10.9 Å². The monoisotopic (exact) mass is 341 g/mol.